The van der Waals surface area contributed by atoms with Gasteiger partial charge in [-0.1, -0.05) is 12.1 Å². The van der Waals surface area contributed by atoms with Crippen LogP contribution in [0.2, 0.25) is 0 Å². The van der Waals surface area contributed by atoms with E-state index in [2.05, 4.69) is 21.7 Å². The van der Waals surface area contributed by atoms with Crippen LogP contribution in [-0.2, 0) is 6.18 Å². The highest BCUT2D eigenvalue weighted by molar-refractivity contribution is 5.64. The molecule has 2 heterocycles. The minimum Gasteiger partial charge on any atom is -0.316 e. The summed E-state index contributed by atoms with van der Waals surface area (Å²) in [6.07, 6.45) is 0.114. The van der Waals surface area contributed by atoms with E-state index in [0.717, 1.165) is 49.4 Å². The largest absolute Gasteiger partial charge is 0.416 e. The SMILES string of the molecule is Cc1cc(/[N+](C)=C/C2CCCNC2)nnc1-c1ccc(C(F)(F)F)cc1. The molecule has 138 valence electrons. The van der Waals surface area contributed by atoms with Crippen LogP contribution in [0.15, 0.2) is 30.3 Å². The Kier molecular flexibility index (Phi) is 5.36. The first-order valence-electron chi connectivity index (χ1n) is 8.65. The standard InChI is InChI=1S/C19H22F3N4/c1-13-10-17(26(2)12-14-4-3-9-23-11-14)24-25-18(13)15-5-7-16(8-6-15)19(20,21)22/h5-8,10,12,14,23H,3-4,9,11H2,1-2H3/q+1/b26-12+. The van der Waals surface area contributed by atoms with Crippen molar-refractivity contribution in [1.29, 1.82) is 0 Å². The quantitative estimate of drug-likeness (QED) is 0.666. The third-order valence-electron chi connectivity index (χ3n) is 4.59. The van der Waals surface area contributed by atoms with E-state index in [1.54, 1.807) is 0 Å². The summed E-state index contributed by atoms with van der Waals surface area (Å²) in [4.78, 5) is 0. The third kappa shape index (κ3) is 4.27. The molecule has 0 aliphatic carbocycles. The topological polar surface area (TPSA) is 40.8 Å². The highest BCUT2D eigenvalue weighted by Gasteiger charge is 2.30. The van der Waals surface area contributed by atoms with E-state index in [1.807, 2.05) is 24.6 Å². The molecule has 4 nitrogen and oxygen atoms in total. The van der Waals surface area contributed by atoms with Gasteiger partial charge in [0.25, 0.3) is 0 Å². The Morgan fingerprint density at radius 3 is 2.50 bits per heavy atom. The number of rotatable bonds is 3. The number of halogens is 3. The first-order valence-corrected chi connectivity index (χ1v) is 8.65. The Morgan fingerprint density at radius 2 is 1.92 bits per heavy atom. The van der Waals surface area contributed by atoms with Gasteiger partial charge in [-0.3, -0.25) is 0 Å². The Bertz CT molecular complexity index is 791. The molecule has 0 amide bonds. The lowest BCUT2D eigenvalue weighted by atomic mass is 10.0. The van der Waals surface area contributed by atoms with Gasteiger partial charge in [0.05, 0.1) is 23.9 Å². The molecule has 1 saturated heterocycles. The van der Waals surface area contributed by atoms with E-state index in [4.69, 9.17) is 0 Å². The second kappa shape index (κ2) is 7.53. The summed E-state index contributed by atoms with van der Waals surface area (Å²) in [5.41, 5.74) is 1.42. The van der Waals surface area contributed by atoms with E-state index in [0.29, 0.717) is 17.2 Å². The van der Waals surface area contributed by atoms with Crippen molar-refractivity contribution in [2.45, 2.75) is 25.9 Å². The van der Waals surface area contributed by atoms with Crippen LogP contribution in [0, 0.1) is 12.8 Å². The predicted octanol–water partition coefficient (Wildman–Crippen LogP) is 3.82. The number of nitrogens with zero attached hydrogens (tertiary/aromatic N) is 3. The molecule has 0 radical (unpaired) electrons. The molecule has 1 aromatic heterocycles. The van der Waals surface area contributed by atoms with Gasteiger partial charge in [0.1, 0.15) is 5.69 Å². The van der Waals surface area contributed by atoms with Crippen molar-refractivity contribution in [3.63, 3.8) is 0 Å². The molecule has 2 aromatic rings. The molecule has 1 atom stereocenters. The number of benzene rings is 1. The van der Waals surface area contributed by atoms with Crippen LogP contribution in [0.4, 0.5) is 19.0 Å². The second-order valence-corrected chi connectivity index (χ2v) is 6.68. The number of hydrogen-bond acceptors (Lipinski definition) is 3. The van der Waals surface area contributed by atoms with E-state index in [9.17, 15) is 13.2 Å². The Labute approximate surface area is 150 Å². The molecule has 7 heteroatoms. The predicted molar refractivity (Wildman–Crippen MR) is 94.7 cm³/mol. The van der Waals surface area contributed by atoms with E-state index >= 15 is 0 Å². The van der Waals surface area contributed by atoms with E-state index in [-0.39, 0.29) is 0 Å². The van der Waals surface area contributed by atoms with Gasteiger partial charge >= 0.3 is 12.0 Å². The molecule has 1 unspecified atom stereocenters. The summed E-state index contributed by atoms with van der Waals surface area (Å²) in [7, 11) is 1.94. The van der Waals surface area contributed by atoms with Gasteiger partial charge in [0.15, 0.2) is 0 Å². The first-order chi connectivity index (χ1) is 12.3. The van der Waals surface area contributed by atoms with Crippen LogP contribution in [0.1, 0.15) is 24.0 Å². The summed E-state index contributed by atoms with van der Waals surface area (Å²) in [6.45, 7) is 3.91. The van der Waals surface area contributed by atoms with Crippen LogP contribution in [0.3, 0.4) is 0 Å². The van der Waals surface area contributed by atoms with Crippen molar-refractivity contribution in [3.05, 3.63) is 41.5 Å². The highest BCUT2D eigenvalue weighted by atomic mass is 19.4. The van der Waals surface area contributed by atoms with Gasteiger partial charge in [0.2, 0.25) is 0 Å². The van der Waals surface area contributed by atoms with E-state index in [1.165, 1.54) is 12.1 Å². The van der Waals surface area contributed by atoms with Crippen molar-refractivity contribution >= 4 is 12.0 Å². The maximum atomic E-state index is 12.7. The fourth-order valence-electron chi connectivity index (χ4n) is 3.14. The summed E-state index contributed by atoms with van der Waals surface area (Å²) in [5, 5.41) is 11.9. The average molecular weight is 363 g/mol. The van der Waals surface area contributed by atoms with Gasteiger partial charge in [-0.2, -0.15) is 13.2 Å². The summed E-state index contributed by atoms with van der Waals surface area (Å²) in [5.74, 6) is 1.19. The average Bonchev–Trinajstić information content (AvgIpc) is 2.62. The lowest BCUT2D eigenvalue weighted by molar-refractivity contribution is -0.407. The second-order valence-electron chi connectivity index (χ2n) is 6.68. The van der Waals surface area contributed by atoms with Crippen LogP contribution in [0.25, 0.3) is 11.3 Å². The summed E-state index contributed by atoms with van der Waals surface area (Å²) in [6, 6.07) is 6.92. The van der Waals surface area contributed by atoms with Crippen LogP contribution < -0.4 is 5.32 Å². The van der Waals surface area contributed by atoms with Crippen LogP contribution in [-0.4, -0.2) is 41.1 Å². The fraction of sp³-hybridized carbons (Fsp3) is 0.421. The van der Waals surface area contributed by atoms with Crippen molar-refractivity contribution in [3.8, 4) is 11.3 Å². The number of hydrogen-bond donors (Lipinski definition) is 1. The fourth-order valence-corrected chi connectivity index (χ4v) is 3.14. The van der Waals surface area contributed by atoms with Gasteiger partial charge in [-0.25, -0.2) is 4.58 Å². The van der Waals surface area contributed by atoms with Crippen LogP contribution in [0.5, 0.6) is 0 Å². The van der Waals surface area contributed by atoms with Crippen molar-refractivity contribution in [1.82, 2.24) is 15.5 Å². The number of piperidine rings is 1. The molecule has 1 aliphatic rings. The van der Waals surface area contributed by atoms with Crippen LogP contribution >= 0.6 is 0 Å². The normalized spacial score (nSPS) is 18.8. The number of nitrogens with one attached hydrogen (secondary N) is 1. The Morgan fingerprint density at radius 1 is 1.19 bits per heavy atom. The summed E-state index contributed by atoms with van der Waals surface area (Å²) < 4.78 is 40.0. The summed E-state index contributed by atoms with van der Waals surface area (Å²) >= 11 is 0. The van der Waals surface area contributed by atoms with Crippen molar-refractivity contribution in [2.24, 2.45) is 5.92 Å². The maximum Gasteiger partial charge on any atom is 0.416 e. The number of aromatic nitrogens is 2. The van der Waals surface area contributed by atoms with Crippen molar-refractivity contribution < 1.29 is 17.7 Å². The zero-order valence-electron chi connectivity index (χ0n) is 14.8. The molecule has 1 fully saturated rings. The molecular weight excluding hydrogens is 341 g/mol. The molecule has 26 heavy (non-hydrogen) atoms. The molecular formula is C19H22F3N4+. The lowest BCUT2D eigenvalue weighted by Crippen LogP contribution is -2.32. The minimum absolute atomic E-state index is 0.463. The van der Waals surface area contributed by atoms with Gasteiger partial charge < -0.3 is 5.32 Å². The molecule has 0 saturated carbocycles. The first kappa shape index (κ1) is 18.5. The zero-order chi connectivity index (χ0) is 18.7. The number of aryl methyl sites for hydroxylation is 1. The monoisotopic (exact) mass is 363 g/mol. The molecule has 1 aromatic carbocycles. The Balaban J connectivity index is 1.82. The van der Waals surface area contributed by atoms with Gasteiger partial charge in [-0.15, -0.1) is 0 Å². The molecule has 3 rings (SSSR count). The lowest BCUT2D eigenvalue weighted by Gasteiger charge is -2.18. The number of alkyl halides is 3. The Hall–Kier alpha value is -2.28. The highest BCUT2D eigenvalue weighted by Crippen LogP contribution is 2.31. The third-order valence-corrected chi connectivity index (χ3v) is 4.59. The zero-order valence-corrected chi connectivity index (χ0v) is 14.8. The van der Waals surface area contributed by atoms with E-state index < -0.39 is 11.7 Å². The smallest absolute Gasteiger partial charge is 0.316 e. The van der Waals surface area contributed by atoms with Crippen molar-refractivity contribution in [2.75, 3.05) is 20.1 Å². The maximum absolute atomic E-state index is 12.7. The van der Waals surface area contributed by atoms with Gasteiger partial charge in [0, 0.05) is 24.1 Å². The molecule has 1 N–H and O–H groups in total. The molecule has 0 bridgehead atoms. The van der Waals surface area contributed by atoms with Gasteiger partial charge in [-0.05, 0) is 49.1 Å². The molecule has 0 spiro atoms. The minimum atomic E-state index is -4.34. The molecule has 1 aliphatic heterocycles.